The Labute approximate surface area is 208 Å². The van der Waals surface area contributed by atoms with Crippen LogP contribution in [-0.2, 0) is 16.2 Å². The van der Waals surface area contributed by atoms with Gasteiger partial charge in [0, 0.05) is 63.2 Å². The molecule has 0 aromatic heterocycles. The molecular weight excluding hydrogens is 497 g/mol. The molecule has 2 N–H and O–H groups in total. The largest absolute Gasteiger partial charge is 0.416 e. The Hall–Kier alpha value is -2.83. The maximum absolute atomic E-state index is 13.6. The molecule has 196 valence electrons. The summed E-state index contributed by atoms with van der Waals surface area (Å²) in [7, 11) is -2.46. The Morgan fingerprint density at radius 1 is 1.03 bits per heavy atom. The van der Waals surface area contributed by atoms with Gasteiger partial charge in [0.15, 0.2) is 0 Å². The average molecular weight is 527 g/mol. The van der Waals surface area contributed by atoms with Crippen molar-refractivity contribution in [1.29, 1.82) is 0 Å². The second kappa shape index (κ2) is 10.3. The molecule has 0 aliphatic carbocycles. The Balaban J connectivity index is 1.53. The number of alkyl halides is 3. The van der Waals surface area contributed by atoms with Gasteiger partial charge in [-0.15, -0.1) is 0 Å². The van der Waals surface area contributed by atoms with E-state index in [0.29, 0.717) is 50.6 Å². The molecule has 2 saturated heterocycles. The van der Waals surface area contributed by atoms with Gasteiger partial charge >= 0.3 is 6.18 Å². The van der Waals surface area contributed by atoms with Gasteiger partial charge in [-0.05, 0) is 55.9 Å². The summed E-state index contributed by atoms with van der Waals surface area (Å²) in [4.78, 5) is 19.1. The topological polar surface area (TPSA) is 93.2 Å². The number of piperazine rings is 1. The summed E-state index contributed by atoms with van der Waals surface area (Å²) in [5.74, 6) is -0.224. The molecule has 0 saturated carbocycles. The highest BCUT2D eigenvalue weighted by atomic mass is 32.2. The van der Waals surface area contributed by atoms with Crippen LogP contribution in [0.3, 0.4) is 0 Å². The first kappa shape index (κ1) is 26.2. The zero-order valence-electron chi connectivity index (χ0n) is 19.8. The van der Waals surface area contributed by atoms with E-state index in [0.717, 1.165) is 18.6 Å². The fourth-order valence-corrected chi connectivity index (χ4v) is 5.40. The lowest BCUT2D eigenvalue weighted by Gasteiger charge is -2.37. The predicted molar refractivity (Wildman–Crippen MR) is 130 cm³/mol. The van der Waals surface area contributed by atoms with E-state index in [1.807, 2.05) is 9.80 Å². The van der Waals surface area contributed by atoms with Crippen molar-refractivity contribution in [2.75, 3.05) is 62.7 Å². The van der Waals surface area contributed by atoms with Crippen molar-refractivity contribution in [3.05, 3.63) is 53.6 Å². The fourth-order valence-electron chi connectivity index (χ4n) is 4.65. The Morgan fingerprint density at radius 2 is 1.69 bits per heavy atom. The van der Waals surface area contributed by atoms with Gasteiger partial charge in [0.1, 0.15) is 0 Å². The molecule has 4 rings (SSSR count). The maximum Gasteiger partial charge on any atom is 0.416 e. The van der Waals surface area contributed by atoms with E-state index >= 15 is 0 Å². The number of aliphatic hydroxyl groups is 1. The minimum atomic E-state index is -4.40. The number of hydrogen-bond acceptors (Lipinski definition) is 6. The molecule has 2 heterocycles. The molecule has 2 aromatic carbocycles. The first-order valence-corrected chi connectivity index (χ1v) is 13.2. The number of nitrogens with one attached hydrogen (secondary N) is 1. The van der Waals surface area contributed by atoms with Crippen LogP contribution in [0.2, 0.25) is 0 Å². The van der Waals surface area contributed by atoms with Crippen LogP contribution in [0.25, 0.3) is 0 Å². The van der Waals surface area contributed by atoms with E-state index < -0.39 is 21.8 Å². The Morgan fingerprint density at radius 3 is 2.25 bits per heavy atom. The number of sulfonamides is 1. The summed E-state index contributed by atoms with van der Waals surface area (Å²) in [5, 5.41) is 9.52. The van der Waals surface area contributed by atoms with Crippen LogP contribution < -0.4 is 14.5 Å². The summed E-state index contributed by atoms with van der Waals surface area (Å²) >= 11 is 0. The van der Waals surface area contributed by atoms with Crippen LogP contribution in [-0.4, -0.2) is 77.3 Å². The molecule has 1 atom stereocenters. The number of anilines is 2. The Kier molecular flexibility index (Phi) is 7.48. The summed E-state index contributed by atoms with van der Waals surface area (Å²) in [6.45, 7) is 2.78. The molecule has 8 nitrogen and oxygen atoms in total. The van der Waals surface area contributed by atoms with Crippen molar-refractivity contribution in [2.45, 2.75) is 17.5 Å². The lowest BCUT2D eigenvalue weighted by molar-refractivity contribution is -0.137. The highest BCUT2D eigenvalue weighted by Crippen LogP contribution is 2.32. The highest BCUT2D eigenvalue weighted by Gasteiger charge is 2.32. The third-order valence-corrected chi connectivity index (χ3v) is 8.20. The molecule has 2 aromatic rings. The second-order valence-electron chi connectivity index (χ2n) is 8.99. The highest BCUT2D eigenvalue weighted by molar-refractivity contribution is 7.89. The van der Waals surface area contributed by atoms with Gasteiger partial charge in [0.05, 0.1) is 16.0 Å². The van der Waals surface area contributed by atoms with Gasteiger partial charge in [-0.1, -0.05) is 0 Å². The molecule has 12 heteroatoms. The lowest BCUT2D eigenvalue weighted by atomic mass is 10.1. The van der Waals surface area contributed by atoms with Gasteiger partial charge in [0.25, 0.3) is 5.91 Å². The normalized spacial score (nSPS) is 19.1. The third kappa shape index (κ3) is 5.45. The van der Waals surface area contributed by atoms with Crippen LogP contribution in [0.4, 0.5) is 24.5 Å². The number of nitrogens with zero attached hydrogens (tertiary/aromatic N) is 3. The summed E-state index contributed by atoms with van der Waals surface area (Å²) in [6.07, 6.45) is -3.63. The number of hydrogen-bond donors (Lipinski definition) is 2. The van der Waals surface area contributed by atoms with Crippen LogP contribution in [0.15, 0.2) is 47.4 Å². The molecule has 1 unspecified atom stereocenters. The number of halogens is 3. The van der Waals surface area contributed by atoms with Gasteiger partial charge < -0.3 is 19.8 Å². The molecule has 0 spiro atoms. The molecule has 1 amide bonds. The third-order valence-electron chi connectivity index (χ3n) is 6.79. The monoisotopic (exact) mass is 526 g/mol. The van der Waals surface area contributed by atoms with Gasteiger partial charge in [-0.2, -0.15) is 13.2 Å². The molecule has 0 bridgehead atoms. The zero-order valence-corrected chi connectivity index (χ0v) is 20.6. The van der Waals surface area contributed by atoms with Gasteiger partial charge in [0.2, 0.25) is 10.0 Å². The van der Waals surface area contributed by atoms with Crippen LogP contribution >= 0.6 is 0 Å². The quantitative estimate of drug-likeness (QED) is 0.601. The SMILES string of the molecule is CNS(=O)(=O)c1ccc(N2CCC(CO)C2)c(C(=O)N2CCN(c3ccc(C(F)(F)F)cc3)CC2)c1. The smallest absolute Gasteiger partial charge is 0.396 e. The summed E-state index contributed by atoms with van der Waals surface area (Å²) < 4.78 is 65.7. The van der Waals surface area contributed by atoms with E-state index in [1.54, 1.807) is 11.0 Å². The lowest BCUT2D eigenvalue weighted by Crippen LogP contribution is -2.49. The van der Waals surface area contributed by atoms with Crippen LogP contribution in [0.5, 0.6) is 0 Å². The maximum atomic E-state index is 13.6. The minimum absolute atomic E-state index is 0.0154. The first-order valence-electron chi connectivity index (χ1n) is 11.7. The number of carbonyl (C=O) groups is 1. The van der Waals surface area contributed by atoms with Gasteiger partial charge in [-0.25, -0.2) is 13.1 Å². The van der Waals surface area contributed by atoms with Gasteiger partial charge in [-0.3, -0.25) is 4.79 Å². The van der Waals surface area contributed by atoms with E-state index in [9.17, 15) is 31.5 Å². The minimum Gasteiger partial charge on any atom is -0.396 e. The number of benzene rings is 2. The molecule has 2 aliphatic rings. The van der Waals surface area contributed by atoms with E-state index in [1.165, 1.54) is 31.3 Å². The molecule has 2 fully saturated rings. The zero-order chi connectivity index (χ0) is 26.1. The molecule has 0 radical (unpaired) electrons. The first-order chi connectivity index (χ1) is 17.0. The van der Waals surface area contributed by atoms with Crippen molar-refractivity contribution in [3.63, 3.8) is 0 Å². The molecular formula is C24H29F3N4O4S. The number of aliphatic hydroxyl groups excluding tert-OH is 1. The molecule has 36 heavy (non-hydrogen) atoms. The van der Waals surface area contributed by atoms with Crippen molar-refractivity contribution in [1.82, 2.24) is 9.62 Å². The van der Waals surface area contributed by atoms with Crippen molar-refractivity contribution in [2.24, 2.45) is 5.92 Å². The number of rotatable bonds is 6. The van der Waals surface area contributed by atoms with E-state index in [2.05, 4.69) is 4.72 Å². The van der Waals surface area contributed by atoms with Crippen LogP contribution in [0, 0.1) is 5.92 Å². The molecule has 2 aliphatic heterocycles. The average Bonchev–Trinajstić information content (AvgIpc) is 3.37. The summed E-state index contributed by atoms with van der Waals surface area (Å²) in [5.41, 5.74) is 0.823. The van der Waals surface area contributed by atoms with Crippen molar-refractivity contribution < 1.29 is 31.5 Å². The standard InChI is InChI=1S/C24H29F3N4O4S/c1-28-36(34,35)20-6-7-22(31-9-8-17(15-31)16-32)21(14-20)23(33)30-12-10-29(11-13-30)19-4-2-18(3-5-19)24(25,26)27/h2-7,14,17,28,32H,8-13,15-16H2,1H3. The Bertz CT molecular complexity index is 1200. The van der Waals surface area contributed by atoms with Crippen molar-refractivity contribution in [3.8, 4) is 0 Å². The fraction of sp³-hybridized carbons (Fsp3) is 0.458. The van der Waals surface area contributed by atoms with Crippen molar-refractivity contribution >= 4 is 27.3 Å². The number of carbonyl (C=O) groups excluding carboxylic acids is 1. The predicted octanol–water partition coefficient (Wildman–Crippen LogP) is 2.39. The second-order valence-corrected chi connectivity index (χ2v) is 10.9. The van der Waals surface area contributed by atoms with E-state index in [-0.39, 0.29) is 28.9 Å². The van der Waals surface area contributed by atoms with Crippen LogP contribution in [0.1, 0.15) is 22.3 Å². The number of amides is 1. The summed E-state index contributed by atoms with van der Waals surface area (Å²) in [6, 6.07) is 9.43. The van der Waals surface area contributed by atoms with E-state index in [4.69, 9.17) is 0 Å².